The van der Waals surface area contributed by atoms with Crippen LogP contribution in [-0.4, -0.2) is 16.2 Å². The highest BCUT2D eigenvalue weighted by Crippen LogP contribution is 2.51. The maximum absolute atomic E-state index is 6.81. The molecule has 0 radical (unpaired) electrons. The molecule has 1 aliphatic heterocycles. The fourth-order valence-corrected chi connectivity index (χ4v) is 10.1. The van der Waals surface area contributed by atoms with Gasteiger partial charge in [-0.15, -0.1) is 0 Å². The van der Waals surface area contributed by atoms with Crippen LogP contribution in [0.1, 0.15) is 89.5 Å². The van der Waals surface area contributed by atoms with Crippen LogP contribution in [0.15, 0.2) is 158 Å². The van der Waals surface area contributed by atoms with E-state index in [1.807, 2.05) is 6.20 Å². The maximum Gasteiger partial charge on any atom is 0.137 e. The van der Waals surface area contributed by atoms with Gasteiger partial charge in [-0.25, -0.2) is 4.98 Å². The van der Waals surface area contributed by atoms with E-state index in [-0.39, 0.29) is 16.2 Å². The molecular formula is C55H54N4O. The van der Waals surface area contributed by atoms with Gasteiger partial charge in [-0.05, 0) is 101 Å². The van der Waals surface area contributed by atoms with Crippen molar-refractivity contribution in [3.05, 3.63) is 180 Å². The molecule has 1 saturated carbocycles. The molecule has 1 aliphatic carbocycles. The van der Waals surface area contributed by atoms with E-state index in [0.717, 1.165) is 46.9 Å². The molecule has 1 fully saturated rings. The maximum atomic E-state index is 6.81. The van der Waals surface area contributed by atoms with Crippen molar-refractivity contribution in [2.24, 2.45) is 0 Å². The third-order valence-corrected chi connectivity index (χ3v) is 13.0. The number of anilines is 4. The number of pyridine rings is 1. The van der Waals surface area contributed by atoms with Gasteiger partial charge in [0.15, 0.2) is 0 Å². The summed E-state index contributed by atoms with van der Waals surface area (Å²) in [4.78, 5) is 9.98. The van der Waals surface area contributed by atoms with Gasteiger partial charge in [0, 0.05) is 40.2 Å². The van der Waals surface area contributed by atoms with E-state index < -0.39 is 0 Å². The molecule has 0 atom stereocenters. The Bertz CT molecular complexity index is 2840. The Hall–Kier alpha value is -6.33. The summed E-state index contributed by atoms with van der Waals surface area (Å²) in [5, 5.41) is 2.38. The van der Waals surface area contributed by atoms with Crippen LogP contribution in [0.2, 0.25) is 0 Å². The first-order valence-electron chi connectivity index (χ1n) is 21.6. The minimum Gasteiger partial charge on any atom is -0.457 e. The lowest BCUT2D eigenvalue weighted by molar-refractivity contribution is 0.483. The van der Waals surface area contributed by atoms with Crippen LogP contribution < -0.4 is 14.5 Å². The quantitative estimate of drug-likeness (QED) is 0.161. The summed E-state index contributed by atoms with van der Waals surface area (Å²) in [6.45, 7) is 14.6. The molecule has 0 unspecified atom stereocenters. The van der Waals surface area contributed by atoms with Crippen molar-refractivity contribution >= 4 is 44.6 Å². The van der Waals surface area contributed by atoms with Crippen LogP contribution in [0.5, 0.6) is 11.5 Å². The molecule has 2 aromatic heterocycles. The zero-order valence-electron chi connectivity index (χ0n) is 35.7. The van der Waals surface area contributed by atoms with Crippen molar-refractivity contribution in [1.82, 2.24) is 9.55 Å². The molecule has 300 valence electrons. The number of ether oxygens (including phenoxy) is 1. The molecule has 6 aromatic carbocycles. The summed E-state index contributed by atoms with van der Waals surface area (Å²) in [7, 11) is 0. The van der Waals surface area contributed by atoms with E-state index in [4.69, 9.17) is 9.72 Å². The van der Waals surface area contributed by atoms with Crippen molar-refractivity contribution in [3.8, 4) is 17.3 Å². The van der Waals surface area contributed by atoms with Crippen LogP contribution in [0.25, 0.3) is 27.6 Å². The van der Waals surface area contributed by atoms with Crippen molar-refractivity contribution in [3.63, 3.8) is 0 Å². The lowest BCUT2D eigenvalue weighted by Crippen LogP contribution is -2.29. The normalized spacial score (nSPS) is 15.2. The molecule has 8 aromatic rings. The number of hydrogen-bond donors (Lipinski definition) is 0. The molecular weight excluding hydrogens is 733 g/mol. The number of para-hydroxylation sites is 4. The highest BCUT2D eigenvalue weighted by Gasteiger charge is 2.38. The summed E-state index contributed by atoms with van der Waals surface area (Å²) >= 11 is 0. The predicted octanol–water partition coefficient (Wildman–Crippen LogP) is 14.7. The number of fused-ring (bicyclic) bond motifs is 4. The van der Waals surface area contributed by atoms with Crippen molar-refractivity contribution in [2.75, 3.05) is 16.5 Å². The van der Waals surface area contributed by atoms with Gasteiger partial charge in [0.25, 0.3) is 0 Å². The second-order valence-electron chi connectivity index (χ2n) is 18.9. The van der Waals surface area contributed by atoms with Crippen molar-refractivity contribution < 1.29 is 4.74 Å². The standard InChI is InChI=1S/C55H54N4O/c1-53(2,3)45-23-17-24-46(54(4,5)6)52(45)58-37-57(48-26-12-13-27-49(48)58)40-20-16-21-41(35-40)60-42-28-29-44-43-22-10-11-25-47(43)59(50(44)36-42)51-34-39(30-33-56-51)55(31-14-15-32-55)38-18-8-7-9-19-38/h7-13,16-30,33-36H,14-15,31-32,37H2,1-6H3. The summed E-state index contributed by atoms with van der Waals surface area (Å²) in [6.07, 6.45) is 6.76. The van der Waals surface area contributed by atoms with Crippen LogP contribution >= 0.6 is 0 Å². The Labute approximate surface area is 354 Å². The van der Waals surface area contributed by atoms with Gasteiger partial charge >= 0.3 is 0 Å². The Balaban J connectivity index is 1.02. The van der Waals surface area contributed by atoms with Gasteiger partial charge in [0.2, 0.25) is 0 Å². The minimum absolute atomic E-state index is 0.00522. The SMILES string of the molecule is CC(C)(C)c1cccc(C(C)(C)C)c1N1CN(c2cccc(Oc3ccc4c5ccccc5n(-c5cc(C6(c7ccccc7)CCCC6)ccn5)c4c3)c2)c2ccccc21. The predicted molar refractivity (Wildman–Crippen MR) is 250 cm³/mol. The van der Waals surface area contributed by atoms with Crippen LogP contribution in [0, 0.1) is 0 Å². The van der Waals surface area contributed by atoms with E-state index in [1.54, 1.807) is 0 Å². The first kappa shape index (κ1) is 37.9. The molecule has 0 saturated heterocycles. The van der Waals surface area contributed by atoms with Crippen molar-refractivity contribution in [1.29, 1.82) is 0 Å². The van der Waals surface area contributed by atoms with Crippen LogP contribution in [0.3, 0.4) is 0 Å². The molecule has 5 nitrogen and oxygen atoms in total. The van der Waals surface area contributed by atoms with Gasteiger partial charge in [0.1, 0.15) is 24.0 Å². The molecule has 0 N–H and O–H groups in total. The fraction of sp³-hybridized carbons (Fsp3) is 0.255. The average Bonchev–Trinajstić information content (AvgIpc) is 3.99. The monoisotopic (exact) mass is 786 g/mol. The smallest absolute Gasteiger partial charge is 0.137 e. The zero-order chi connectivity index (χ0) is 41.2. The highest BCUT2D eigenvalue weighted by molar-refractivity contribution is 6.09. The van der Waals surface area contributed by atoms with Gasteiger partial charge in [-0.1, -0.05) is 139 Å². The Morgan fingerprint density at radius 2 is 1.17 bits per heavy atom. The summed E-state index contributed by atoms with van der Waals surface area (Å²) < 4.78 is 9.13. The first-order chi connectivity index (χ1) is 29.0. The average molecular weight is 787 g/mol. The largest absolute Gasteiger partial charge is 0.457 e. The fourth-order valence-electron chi connectivity index (χ4n) is 10.1. The lowest BCUT2D eigenvalue weighted by Gasteiger charge is -2.35. The topological polar surface area (TPSA) is 33.5 Å². The summed E-state index contributed by atoms with van der Waals surface area (Å²) in [5.41, 5.74) is 12.4. The number of nitrogens with zero attached hydrogens (tertiary/aromatic N) is 4. The first-order valence-corrected chi connectivity index (χ1v) is 21.6. The van der Waals surface area contributed by atoms with Gasteiger partial charge in [-0.3, -0.25) is 4.57 Å². The third-order valence-electron chi connectivity index (χ3n) is 13.0. The van der Waals surface area contributed by atoms with Crippen molar-refractivity contribution in [2.45, 2.75) is 83.5 Å². The van der Waals surface area contributed by atoms with E-state index >= 15 is 0 Å². The number of benzene rings is 6. The van der Waals surface area contributed by atoms with Crippen LogP contribution in [-0.2, 0) is 16.2 Å². The minimum atomic E-state index is -0.0291. The number of hydrogen-bond acceptors (Lipinski definition) is 4. The number of aromatic nitrogens is 2. The van der Waals surface area contributed by atoms with Crippen LogP contribution in [0.4, 0.5) is 22.7 Å². The highest BCUT2D eigenvalue weighted by atomic mass is 16.5. The molecule has 0 bridgehead atoms. The molecule has 60 heavy (non-hydrogen) atoms. The van der Waals surface area contributed by atoms with Gasteiger partial charge in [-0.2, -0.15) is 0 Å². The van der Waals surface area contributed by atoms with Gasteiger partial charge < -0.3 is 14.5 Å². The molecule has 3 heterocycles. The second-order valence-corrected chi connectivity index (χ2v) is 18.9. The molecule has 10 rings (SSSR count). The van der Waals surface area contributed by atoms with E-state index in [0.29, 0.717) is 6.67 Å². The second kappa shape index (κ2) is 14.4. The Morgan fingerprint density at radius 3 is 1.90 bits per heavy atom. The summed E-state index contributed by atoms with van der Waals surface area (Å²) in [6, 6.07) is 55.0. The van der Waals surface area contributed by atoms with E-state index in [2.05, 4.69) is 208 Å². The zero-order valence-corrected chi connectivity index (χ0v) is 35.7. The summed E-state index contributed by atoms with van der Waals surface area (Å²) in [5.74, 6) is 2.51. The van der Waals surface area contributed by atoms with E-state index in [1.165, 1.54) is 62.9 Å². The Morgan fingerprint density at radius 1 is 0.533 bits per heavy atom. The molecule has 0 amide bonds. The Kier molecular flexibility index (Phi) is 9.13. The molecule has 5 heteroatoms. The molecule has 2 aliphatic rings. The van der Waals surface area contributed by atoms with Gasteiger partial charge in [0.05, 0.1) is 28.1 Å². The molecule has 0 spiro atoms. The third kappa shape index (κ3) is 6.43. The lowest BCUT2D eigenvalue weighted by atomic mass is 9.73. The van der Waals surface area contributed by atoms with E-state index in [9.17, 15) is 0 Å². The number of rotatable bonds is 7.